The fourth-order valence-electron chi connectivity index (χ4n) is 2.24. The summed E-state index contributed by atoms with van der Waals surface area (Å²) in [4.78, 5) is 14.5. The zero-order valence-electron chi connectivity index (χ0n) is 11.7. The second kappa shape index (κ2) is 6.01. The van der Waals surface area contributed by atoms with Crippen molar-refractivity contribution in [3.05, 3.63) is 42.5 Å². The summed E-state index contributed by atoms with van der Waals surface area (Å²) in [6.07, 6.45) is 0. The molecule has 1 atom stereocenters. The predicted octanol–water partition coefficient (Wildman–Crippen LogP) is 3.11. The number of amides is 1. The van der Waals surface area contributed by atoms with Gasteiger partial charge in [-0.1, -0.05) is 48.6 Å². The highest BCUT2D eigenvalue weighted by Gasteiger charge is 2.23. The minimum absolute atomic E-state index is 0.0589. The second-order valence-corrected chi connectivity index (χ2v) is 5.18. The van der Waals surface area contributed by atoms with Crippen LogP contribution in [0.3, 0.4) is 0 Å². The molecule has 0 heterocycles. The van der Waals surface area contributed by atoms with Crippen molar-refractivity contribution in [2.75, 3.05) is 11.4 Å². The fraction of sp³-hybridized carbons (Fsp3) is 0.250. The van der Waals surface area contributed by atoms with Gasteiger partial charge in [0.2, 0.25) is 5.91 Å². The quantitative estimate of drug-likeness (QED) is 0.878. The van der Waals surface area contributed by atoms with Gasteiger partial charge in [-0.05, 0) is 25.3 Å². The molecule has 3 nitrogen and oxygen atoms in total. The van der Waals surface area contributed by atoms with Crippen LogP contribution < -0.4 is 10.6 Å². The van der Waals surface area contributed by atoms with Crippen molar-refractivity contribution in [3.63, 3.8) is 0 Å². The molecular weight excluding hydrogens is 268 g/mol. The summed E-state index contributed by atoms with van der Waals surface area (Å²) in [6.45, 7) is 4.28. The van der Waals surface area contributed by atoms with Crippen LogP contribution in [0.25, 0.3) is 10.8 Å². The van der Waals surface area contributed by atoms with Gasteiger partial charge in [0, 0.05) is 11.9 Å². The Morgan fingerprint density at radius 3 is 2.55 bits per heavy atom. The number of hydrogen-bond acceptors (Lipinski definition) is 2. The molecular formula is C16H18N2OS. The van der Waals surface area contributed by atoms with Gasteiger partial charge in [-0.3, -0.25) is 4.79 Å². The van der Waals surface area contributed by atoms with Crippen LogP contribution in [0, 0.1) is 5.92 Å². The van der Waals surface area contributed by atoms with Crippen molar-refractivity contribution in [1.29, 1.82) is 0 Å². The highest BCUT2D eigenvalue weighted by Crippen LogP contribution is 2.27. The maximum Gasteiger partial charge on any atom is 0.236 e. The largest absolute Gasteiger partial charge is 0.393 e. The molecule has 0 fully saturated rings. The summed E-state index contributed by atoms with van der Waals surface area (Å²) in [5.41, 5.74) is 6.51. The average Bonchev–Trinajstić information content (AvgIpc) is 2.47. The SMILES string of the molecule is CCN(C(=O)C(C)C(N)=S)c1cccc2ccccc12. The van der Waals surface area contributed by atoms with Crippen LogP contribution in [0.15, 0.2) is 42.5 Å². The van der Waals surface area contributed by atoms with E-state index in [4.69, 9.17) is 18.0 Å². The third-order valence-electron chi connectivity index (χ3n) is 3.44. The van der Waals surface area contributed by atoms with E-state index in [9.17, 15) is 4.79 Å². The lowest BCUT2D eigenvalue weighted by molar-refractivity contribution is -0.120. The summed E-state index contributed by atoms with van der Waals surface area (Å²) in [7, 11) is 0. The summed E-state index contributed by atoms with van der Waals surface area (Å²) in [5, 5.41) is 2.17. The standard InChI is InChI=1S/C16H18N2OS/c1-3-18(16(19)11(2)15(17)20)14-10-6-8-12-7-4-5-9-13(12)14/h4-11H,3H2,1-2H3,(H2,17,20). The van der Waals surface area contributed by atoms with Gasteiger partial charge < -0.3 is 10.6 Å². The topological polar surface area (TPSA) is 46.3 Å². The Morgan fingerprint density at radius 2 is 1.90 bits per heavy atom. The second-order valence-electron chi connectivity index (χ2n) is 4.70. The van der Waals surface area contributed by atoms with Gasteiger partial charge in [-0.15, -0.1) is 0 Å². The monoisotopic (exact) mass is 286 g/mol. The molecule has 2 N–H and O–H groups in total. The van der Waals surface area contributed by atoms with Crippen LogP contribution in [0.1, 0.15) is 13.8 Å². The van der Waals surface area contributed by atoms with Crippen molar-refractivity contribution < 1.29 is 4.79 Å². The van der Waals surface area contributed by atoms with Crippen LogP contribution >= 0.6 is 12.2 Å². The molecule has 4 heteroatoms. The van der Waals surface area contributed by atoms with E-state index in [1.165, 1.54) is 0 Å². The first-order valence-electron chi connectivity index (χ1n) is 6.64. The third kappa shape index (κ3) is 2.65. The molecule has 0 aromatic heterocycles. The van der Waals surface area contributed by atoms with Gasteiger partial charge in [0.15, 0.2) is 0 Å². The molecule has 104 valence electrons. The van der Waals surface area contributed by atoms with Gasteiger partial charge in [0.05, 0.1) is 16.6 Å². The van der Waals surface area contributed by atoms with E-state index in [1.54, 1.807) is 11.8 Å². The number of thiocarbonyl (C=S) groups is 1. The van der Waals surface area contributed by atoms with Crippen LogP contribution in [-0.4, -0.2) is 17.4 Å². The maximum absolute atomic E-state index is 12.5. The number of carbonyl (C=O) groups excluding carboxylic acids is 1. The Kier molecular flexibility index (Phi) is 4.35. The first-order chi connectivity index (χ1) is 9.56. The van der Waals surface area contributed by atoms with E-state index in [0.717, 1.165) is 16.5 Å². The molecule has 2 aromatic rings. The first-order valence-corrected chi connectivity index (χ1v) is 7.05. The van der Waals surface area contributed by atoms with Crippen molar-refractivity contribution >= 4 is 39.6 Å². The third-order valence-corrected chi connectivity index (χ3v) is 3.79. The van der Waals surface area contributed by atoms with Crippen LogP contribution in [0.5, 0.6) is 0 Å². The van der Waals surface area contributed by atoms with Crippen molar-refractivity contribution in [1.82, 2.24) is 0 Å². The Hall–Kier alpha value is -1.94. The molecule has 1 amide bonds. The van der Waals surface area contributed by atoms with Crippen LogP contribution in [-0.2, 0) is 4.79 Å². The number of rotatable bonds is 4. The van der Waals surface area contributed by atoms with Crippen molar-refractivity contribution in [2.45, 2.75) is 13.8 Å². The number of benzene rings is 2. The molecule has 0 aliphatic rings. The average molecular weight is 286 g/mol. The first kappa shape index (κ1) is 14.5. The summed E-state index contributed by atoms with van der Waals surface area (Å²) in [6, 6.07) is 14.0. The minimum atomic E-state index is -0.455. The molecule has 0 radical (unpaired) electrons. The number of carbonyl (C=O) groups is 1. The number of fused-ring (bicyclic) bond motifs is 1. The highest BCUT2D eigenvalue weighted by atomic mass is 32.1. The summed E-state index contributed by atoms with van der Waals surface area (Å²) in [5.74, 6) is -0.514. The van der Waals surface area contributed by atoms with E-state index in [0.29, 0.717) is 6.54 Å². The Labute approximate surface area is 124 Å². The van der Waals surface area contributed by atoms with Crippen LogP contribution in [0.2, 0.25) is 0 Å². The number of nitrogens with two attached hydrogens (primary N) is 1. The Morgan fingerprint density at radius 1 is 1.25 bits per heavy atom. The van der Waals surface area contributed by atoms with Gasteiger partial charge >= 0.3 is 0 Å². The predicted molar refractivity (Wildman–Crippen MR) is 87.9 cm³/mol. The molecule has 2 aromatic carbocycles. The number of nitrogens with zero attached hydrogens (tertiary/aromatic N) is 1. The number of hydrogen-bond donors (Lipinski definition) is 1. The molecule has 2 rings (SSSR count). The van der Waals surface area contributed by atoms with Gasteiger partial charge in [-0.25, -0.2) is 0 Å². The molecule has 0 bridgehead atoms. The molecule has 1 unspecified atom stereocenters. The summed E-state index contributed by atoms with van der Waals surface area (Å²) >= 11 is 4.94. The fourth-order valence-corrected chi connectivity index (χ4v) is 2.34. The van der Waals surface area contributed by atoms with Crippen LogP contribution in [0.4, 0.5) is 5.69 Å². The van der Waals surface area contributed by atoms with Crippen molar-refractivity contribution in [3.8, 4) is 0 Å². The summed E-state index contributed by atoms with van der Waals surface area (Å²) < 4.78 is 0. The van der Waals surface area contributed by atoms with E-state index in [2.05, 4.69) is 0 Å². The zero-order chi connectivity index (χ0) is 14.7. The molecule has 0 saturated heterocycles. The molecule has 0 aliphatic carbocycles. The van der Waals surface area contributed by atoms with Gasteiger partial charge in [0.25, 0.3) is 0 Å². The zero-order valence-corrected chi connectivity index (χ0v) is 12.5. The van der Waals surface area contributed by atoms with E-state index < -0.39 is 5.92 Å². The normalized spacial score (nSPS) is 12.1. The van der Waals surface area contributed by atoms with Gasteiger partial charge in [-0.2, -0.15) is 0 Å². The Balaban J connectivity index is 2.50. The maximum atomic E-state index is 12.5. The van der Waals surface area contributed by atoms with E-state index >= 15 is 0 Å². The van der Waals surface area contributed by atoms with Gasteiger partial charge in [0.1, 0.15) is 0 Å². The lowest BCUT2D eigenvalue weighted by Gasteiger charge is -2.25. The molecule has 0 aliphatic heterocycles. The minimum Gasteiger partial charge on any atom is -0.393 e. The highest BCUT2D eigenvalue weighted by molar-refractivity contribution is 7.80. The lowest BCUT2D eigenvalue weighted by Crippen LogP contribution is -2.40. The lowest BCUT2D eigenvalue weighted by atomic mass is 10.1. The van der Waals surface area contributed by atoms with E-state index in [1.807, 2.05) is 49.4 Å². The van der Waals surface area contributed by atoms with E-state index in [-0.39, 0.29) is 10.9 Å². The molecule has 0 saturated carbocycles. The van der Waals surface area contributed by atoms with Crippen molar-refractivity contribution in [2.24, 2.45) is 11.7 Å². The molecule has 0 spiro atoms. The molecule has 20 heavy (non-hydrogen) atoms. The Bertz CT molecular complexity index is 648. The number of anilines is 1. The smallest absolute Gasteiger partial charge is 0.236 e.